The van der Waals surface area contributed by atoms with E-state index in [2.05, 4.69) is 21.9 Å². The minimum absolute atomic E-state index is 0.0755. The van der Waals surface area contributed by atoms with E-state index in [1.165, 1.54) is 0 Å². The summed E-state index contributed by atoms with van der Waals surface area (Å²) in [6, 6.07) is 3.85. The van der Waals surface area contributed by atoms with Crippen LogP contribution >= 0.6 is 0 Å². The van der Waals surface area contributed by atoms with E-state index in [0.717, 1.165) is 23.9 Å². The smallest absolute Gasteiger partial charge is 0.220 e. The van der Waals surface area contributed by atoms with E-state index in [4.69, 9.17) is 5.73 Å². The van der Waals surface area contributed by atoms with Gasteiger partial charge in [-0.15, -0.1) is 0 Å². The van der Waals surface area contributed by atoms with Gasteiger partial charge >= 0.3 is 0 Å². The summed E-state index contributed by atoms with van der Waals surface area (Å²) >= 11 is 0. The van der Waals surface area contributed by atoms with Crippen molar-refractivity contribution in [3.05, 3.63) is 47.3 Å². The monoisotopic (exact) mass is 232 g/mol. The number of halogens is 1. The Kier molecular flexibility index (Phi) is 3.27. The quantitative estimate of drug-likeness (QED) is 0.875. The Morgan fingerprint density at radius 3 is 2.71 bits per heavy atom. The highest BCUT2D eigenvalue weighted by Crippen LogP contribution is 2.10. The van der Waals surface area contributed by atoms with E-state index in [9.17, 15) is 4.39 Å². The fourth-order valence-corrected chi connectivity index (χ4v) is 1.48. The molecule has 0 saturated heterocycles. The summed E-state index contributed by atoms with van der Waals surface area (Å²) in [5.41, 5.74) is 7.60. The molecule has 0 atom stereocenters. The number of hydrogen-bond acceptors (Lipinski definition) is 4. The number of nitrogens with two attached hydrogens (primary N) is 1. The zero-order chi connectivity index (χ0) is 12.3. The molecule has 0 spiro atoms. The van der Waals surface area contributed by atoms with Gasteiger partial charge in [-0.05, 0) is 18.1 Å². The van der Waals surface area contributed by atoms with Crippen molar-refractivity contribution < 1.29 is 4.39 Å². The number of nitrogen functional groups attached to an aromatic ring is 1. The second-order valence-electron chi connectivity index (χ2n) is 3.71. The lowest BCUT2D eigenvalue weighted by Crippen LogP contribution is -2.04. The Morgan fingerprint density at radius 2 is 2.06 bits per heavy atom. The molecule has 0 aliphatic heterocycles. The molecule has 0 saturated carbocycles. The van der Waals surface area contributed by atoms with E-state index >= 15 is 0 Å². The number of aromatic nitrogens is 3. The molecule has 0 aromatic carbocycles. The minimum Gasteiger partial charge on any atom is -0.368 e. The summed E-state index contributed by atoms with van der Waals surface area (Å²) in [6.07, 6.45) is 4.13. The third kappa shape index (κ3) is 2.75. The van der Waals surface area contributed by atoms with Crippen LogP contribution in [0.2, 0.25) is 0 Å². The molecule has 2 N–H and O–H groups in total. The molecule has 0 aliphatic carbocycles. The number of hydrogen-bond donors (Lipinski definition) is 1. The van der Waals surface area contributed by atoms with Gasteiger partial charge < -0.3 is 5.73 Å². The fourth-order valence-electron chi connectivity index (χ4n) is 1.48. The van der Waals surface area contributed by atoms with Crippen LogP contribution in [-0.4, -0.2) is 15.0 Å². The Hall–Kier alpha value is -2.04. The van der Waals surface area contributed by atoms with Gasteiger partial charge in [0.05, 0.1) is 11.9 Å². The van der Waals surface area contributed by atoms with E-state index in [0.29, 0.717) is 6.42 Å². The van der Waals surface area contributed by atoms with Crippen LogP contribution in [0.5, 0.6) is 0 Å². The van der Waals surface area contributed by atoms with Crippen LogP contribution in [0.3, 0.4) is 0 Å². The van der Waals surface area contributed by atoms with Crippen molar-refractivity contribution in [2.75, 3.05) is 5.73 Å². The zero-order valence-electron chi connectivity index (χ0n) is 9.52. The molecule has 2 heterocycles. The standard InChI is InChI=1S/C12H13FN4/c1-2-8-3-4-9(15-6-8)5-11-10(13)7-16-12(14)17-11/h3-4,6-7H,2,5H2,1H3,(H2,14,16,17). The Morgan fingerprint density at radius 1 is 1.24 bits per heavy atom. The van der Waals surface area contributed by atoms with Gasteiger partial charge in [0.25, 0.3) is 0 Å². The van der Waals surface area contributed by atoms with Crippen molar-refractivity contribution in [1.82, 2.24) is 15.0 Å². The van der Waals surface area contributed by atoms with Crippen LogP contribution in [0.4, 0.5) is 10.3 Å². The molecule has 2 aromatic heterocycles. The normalized spacial score (nSPS) is 10.5. The van der Waals surface area contributed by atoms with Crippen LogP contribution in [0, 0.1) is 5.82 Å². The third-order valence-electron chi connectivity index (χ3n) is 2.48. The minimum atomic E-state index is -0.458. The number of rotatable bonds is 3. The summed E-state index contributed by atoms with van der Waals surface area (Å²) in [7, 11) is 0. The molecule has 0 bridgehead atoms. The predicted molar refractivity (Wildman–Crippen MR) is 62.8 cm³/mol. The van der Waals surface area contributed by atoms with Crippen LogP contribution in [0.1, 0.15) is 23.9 Å². The molecular formula is C12H13FN4. The number of nitrogens with zero attached hydrogens (tertiary/aromatic N) is 3. The Labute approximate surface area is 98.7 Å². The first-order chi connectivity index (χ1) is 8.19. The summed E-state index contributed by atoms with van der Waals surface area (Å²) in [6.45, 7) is 2.06. The van der Waals surface area contributed by atoms with Gasteiger partial charge in [-0.25, -0.2) is 14.4 Å². The lowest BCUT2D eigenvalue weighted by molar-refractivity contribution is 0.596. The Balaban J connectivity index is 2.22. The van der Waals surface area contributed by atoms with E-state index < -0.39 is 5.82 Å². The molecule has 4 nitrogen and oxygen atoms in total. The van der Waals surface area contributed by atoms with Crippen LogP contribution in [-0.2, 0) is 12.8 Å². The van der Waals surface area contributed by atoms with Crippen LogP contribution in [0.15, 0.2) is 24.5 Å². The van der Waals surface area contributed by atoms with Gasteiger partial charge in [0.2, 0.25) is 5.95 Å². The highest BCUT2D eigenvalue weighted by Gasteiger charge is 2.07. The van der Waals surface area contributed by atoms with Gasteiger partial charge in [0.1, 0.15) is 0 Å². The predicted octanol–water partition coefficient (Wildman–Crippen LogP) is 1.75. The van der Waals surface area contributed by atoms with Gasteiger partial charge in [-0.3, -0.25) is 4.98 Å². The lowest BCUT2D eigenvalue weighted by Gasteiger charge is -2.03. The highest BCUT2D eigenvalue weighted by atomic mass is 19.1. The molecule has 0 unspecified atom stereocenters. The maximum Gasteiger partial charge on any atom is 0.220 e. The molecule has 17 heavy (non-hydrogen) atoms. The second-order valence-corrected chi connectivity index (χ2v) is 3.71. The van der Waals surface area contributed by atoms with Gasteiger partial charge in [-0.1, -0.05) is 13.0 Å². The van der Waals surface area contributed by atoms with Crippen molar-refractivity contribution in [2.24, 2.45) is 0 Å². The van der Waals surface area contributed by atoms with Gasteiger partial charge in [0.15, 0.2) is 5.82 Å². The molecule has 0 aliphatic rings. The average Bonchev–Trinajstić information content (AvgIpc) is 2.35. The van der Waals surface area contributed by atoms with Crippen molar-refractivity contribution in [3.8, 4) is 0 Å². The first-order valence-corrected chi connectivity index (χ1v) is 5.39. The highest BCUT2D eigenvalue weighted by molar-refractivity contribution is 5.23. The molecule has 5 heteroatoms. The van der Waals surface area contributed by atoms with Crippen molar-refractivity contribution in [1.29, 1.82) is 0 Å². The average molecular weight is 232 g/mol. The third-order valence-corrected chi connectivity index (χ3v) is 2.48. The van der Waals surface area contributed by atoms with E-state index in [1.807, 2.05) is 12.1 Å². The Bertz CT molecular complexity index is 510. The summed E-state index contributed by atoms with van der Waals surface area (Å²) in [5.74, 6) is -0.382. The number of aryl methyl sites for hydroxylation is 1. The molecule has 0 fully saturated rings. The zero-order valence-corrected chi connectivity index (χ0v) is 9.52. The first kappa shape index (κ1) is 11.4. The molecule has 2 aromatic rings. The molecular weight excluding hydrogens is 219 g/mol. The van der Waals surface area contributed by atoms with E-state index in [-0.39, 0.29) is 11.6 Å². The van der Waals surface area contributed by atoms with Crippen LogP contribution < -0.4 is 5.73 Å². The summed E-state index contributed by atoms with van der Waals surface area (Å²) < 4.78 is 13.4. The molecule has 88 valence electrons. The van der Waals surface area contributed by atoms with Crippen molar-refractivity contribution >= 4 is 5.95 Å². The number of anilines is 1. The van der Waals surface area contributed by atoms with Crippen molar-refractivity contribution in [3.63, 3.8) is 0 Å². The molecule has 0 radical (unpaired) electrons. The fraction of sp³-hybridized carbons (Fsp3) is 0.250. The van der Waals surface area contributed by atoms with Gasteiger partial charge in [0, 0.05) is 18.3 Å². The summed E-state index contributed by atoms with van der Waals surface area (Å²) in [4.78, 5) is 11.7. The largest absolute Gasteiger partial charge is 0.368 e. The van der Waals surface area contributed by atoms with Gasteiger partial charge in [-0.2, -0.15) is 0 Å². The summed E-state index contributed by atoms with van der Waals surface area (Å²) in [5, 5.41) is 0. The molecule has 0 amide bonds. The topological polar surface area (TPSA) is 64.7 Å². The maximum absolute atomic E-state index is 13.4. The van der Waals surface area contributed by atoms with E-state index in [1.54, 1.807) is 6.20 Å². The van der Waals surface area contributed by atoms with Crippen molar-refractivity contribution in [2.45, 2.75) is 19.8 Å². The second kappa shape index (κ2) is 4.86. The SMILES string of the molecule is CCc1ccc(Cc2nc(N)ncc2F)nc1. The molecule has 2 rings (SSSR count). The number of pyridine rings is 1. The van der Waals surface area contributed by atoms with Crippen LogP contribution in [0.25, 0.3) is 0 Å². The first-order valence-electron chi connectivity index (χ1n) is 5.39. The maximum atomic E-state index is 13.4. The lowest BCUT2D eigenvalue weighted by atomic mass is 10.1.